The fraction of sp³-hybridized carbons (Fsp3) is 0.250. The smallest absolute Gasteiger partial charge is 0.200 e. The van der Waals surface area contributed by atoms with Crippen LogP contribution >= 0.6 is 0 Å². The van der Waals surface area contributed by atoms with Crippen LogP contribution in [0.4, 0.5) is 0 Å². The molecule has 1 aromatic heterocycles. The highest BCUT2D eigenvalue weighted by Gasteiger charge is 2.14. The molecule has 2 rings (SSSR count). The normalized spacial score (nSPS) is 10.2. The van der Waals surface area contributed by atoms with Crippen LogP contribution in [0.5, 0.6) is 0 Å². The van der Waals surface area contributed by atoms with Gasteiger partial charge < -0.3 is 0 Å². The average molecular weight is 268 g/mol. The van der Waals surface area contributed by atoms with E-state index in [-0.39, 0.29) is 30.2 Å². The van der Waals surface area contributed by atoms with Gasteiger partial charge in [-0.2, -0.15) is 0 Å². The maximum atomic E-state index is 12.2. The highest BCUT2D eigenvalue weighted by atomic mass is 16.1. The molecule has 0 saturated carbocycles. The van der Waals surface area contributed by atoms with Gasteiger partial charge in [0.2, 0.25) is 0 Å². The number of carbonyl (C=O) groups excluding carboxylic acids is 2. The SMILES string of the molecule is CCc1ccccc1C(=O)CCC(=O)c1ncccn1. The number of hydrogen-bond acceptors (Lipinski definition) is 4. The van der Waals surface area contributed by atoms with Crippen LogP contribution in [0.25, 0.3) is 0 Å². The third-order valence-electron chi connectivity index (χ3n) is 3.09. The van der Waals surface area contributed by atoms with Crippen molar-refractivity contribution in [2.24, 2.45) is 0 Å². The predicted octanol–water partition coefficient (Wildman–Crippen LogP) is 2.88. The van der Waals surface area contributed by atoms with Gasteiger partial charge in [-0.05, 0) is 18.1 Å². The van der Waals surface area contributed by atoms with E-state index >= 15 is 0 Å². The van der Waals surface area contributed by atoms with Crippen LogP contribution < -0.4 is 0 Å². The largest absolute Gasteiger partial charge is 0.294 e. The first-order valence-electron chi connectivity index (χ1n) is 6.63. The lowest BCUT2D eigenvalue weighted by molar-refractivity contribution is 0.0911. The van der Waals surface area contributed by atoms with Crippen molar-refractivity contribution in [1.29, 1.82) is 0 Å². The van der Waals surface area contributed by atoms with E-state index in [9.17, 15) is 9.59 Å². The monoisotopic (exact) mass is 268 g/mol. The van der Waals surface area contributed by atoms with Crippen LogP contribution in [0.2, 0.25) is 0 Å². The van der Waals surface area contributed by atoms with Gasteiger partial charge in [0.25, 0.3) is 0 Å². The van der Waals surface area contributed by atoms with E-state index in [2.05, 4.69) is 9.97 Å². The number of ketones is 2. The molecule has 0 saturated heterocycles. The molecule has 0 N–H and O–H groups in total. The number of rotatable bonds is 6. The number of carbonyl (C=O) groups is 2. The Bertz CT molecular complexity index is 609. The van der Waals surface area contributed by atoms with E-state index in [0.717, 1.165) is 12.0 Å². The number of nitrogens with zero attached hydrogens (tertiary/aromatic N) is 2. The molecule has 1 heterocycles. The van der Waals surface area contributed by atoms with Crippen molar-refractivity contribution < 1.29 is 9.59 Å². The van der Waals surface area contributed by atoms with Crippen LogP contribution in [-0.4, -0.2) is 21.5 Å². The zero-order valence-corrected chi connectivity index (χ0v) is 11.4. The number of benzene rings is 1. The van der Waals surface area contributed by atoms with Crippen LogP contribution in [0.15, 0.2) is 42.7 Å². The van der Waals surface area contributed by atoms with E-state index in [1.165, 1.54) is 12.4 Å². The second-order valence-corrected chi connectivity index (χ2v) is 4.43. The van der Waals surface area contributed by atoms with Gasteiger partial charge in [0.1, 0.15) is 0 Å². The fourth-order valence-corrected chi connectivity index (χ4v) is 2.02. The Kier molecular flexibility index (Phi) is 4.71. The Labute approximate surface area is 117 Å². The van der Waals surface area contributed by atoms with Gasteiger partial charge in [-0.15, -0.1) is 0 Å². The quantitative estimate of drug-likeness (QED) is 0.756. The van der Waals surface area contributed by atoms with E-state index in [4.69, 9.17) is 0 Å². The summed E-state index contributed by atoms with van der Waals surface area (Å²) < 4.78 is 0. The maximum absolute atomic E-state index is 12.2. The van der Waals surface area contributed by atoms with Gasteiger partial charge in [-0.3, -0.25) is 9.59 Å². The number of aromatic nitrogens is 2. The Morgan fingerprint density at radius 2 is 1.60 bits per heavy atom. The third kappa shape index (κ3) is 3.35. The summed E-state index contributed by atoms with van der Waals surface area (Å²) in [7, 11) is 0. The molecule has 0 bridgehead atoms. The molecule has 102 valence electrons. The second-order valence-electron chi connectivity index (χ2n) is 4.43. The van der Waals surface area contributed by atoms with Gasteiger partial charge in [0.15, 0.2) is 17.4 Å². The first-order valence-corrected chi connectivity index (χ1v) is 6.63. The number of Topliss-reactive ketones (excluding diaryl/α,β-unsaturated/α-hetero) is 2. The lowest BCUT2D eigenvalue weighted by atomic mass is 9.98. The molecule has 4 nitrogen and oxygen atoms in total. The molecule has 0 aliphatic carbocycles. The molecule has 0 atom stereocenters. The molecular weight excluding hydrogens is 252 g/mol. The topological polar surface area (TPSA) is 59.9 Å². The Morgan fingerprint density at radius 1 is 0.950 bits per heavy atom. The molecular formula is C16H16N2O2. The zero-order chi connectivity index (χ0) is 14.4. The molecule has 4 heteroatoms. The highest BCUT2D eigenvalue weighted by molar-refractivity contribution is 6.01. The van der Waals surface area contributed by atoms with Gasteiger partial charge in [0.05, 0.1) is 0 Å². The first-order chi connectivity index (χ1) is 9.72. The summed E-state index contributed by atoms with van der Waals surface area (Å²) >= 11 is 0. The van der Waals surface area contributed by atoms with Crippen LogP contribution in [0.3, 0.4) is 0 Å². The Balaban J connectivity index is 2.01. The minimum atomic E-state index is -0.201. The van der Waals surface area contributed by atoms with Gasteiger partial charge in [-0.25, -0.2) is 9.97 Å². The number of hydrogen-bond donors (Lipinski definition) is 0. The standard InChI is InChI=1S/C16H16N2O2/c1-2-12-6-3-4-7-13(12)14(19)8-9-15(20)16-17-10-5-11-18-16/h3-7,10-11H,2,8-9H2,1H3. The van der Waals surface area contributed by atoms with Gasteiger partial charge >= 0.3 is 0 Å². The molecule has 0 aliphatic heterocycles. The van der Waals surface area contributed by atoms with E-state index in [1.807, 2.05) is 31.2 Å². The minimum absolute atomic E-state index is 0.00766. The third-order valence-corrected chi connectivity index (χ3v) is 3.09. The van der Waals surface area contributed by atoms with Crippen molar-refractivity contribution >= 4 is 11.6 Å². The highest BCUT2D eigenvalue weighted by Crippen LogP contribution is 2.13. The summed E-state index contributed by atoms with van der Waals surface area (Å²) in [5.41, 5.74) is 1.72. The molecule has 0 radical (unpaired) electrons. The molecule has 1 aromatic carbocycles. The predicted molar refractivity (Wildman–Crippen MR) is 75.7 cm³/mol. The average Bonchev–Trinajstić information content (AvgIpc) is 2.53. The molecule has 0 fully saturated rings. The van der Waals surface area contributed by atoms with Crippen molar-refractivity contribution in [3.8, 4) is 0 Å². The van der Waals surface area contributed by atoms with Crippen LogP contribution in [0, 0.1) is 0 Å². The van der Waals surface area contributed by atoms with Gasteiger partial charge in [0, 0.05) is 30.8 Å². The lowest BCUT2D eigenvalue weighted by Crippen LogP contribution is -2.09. The summed E-state index contributed by atoms with van der Waals surface area (Å²) in [4.78, 5) is 31.8. The summed E-state index contributed by atoms with van der Waals surface area (Å²) in [6.07, 6.45) is 4.18. The second kappa shape index (κ2) is 6.70. The minimum Gasteiger partial charge on any atom is -0.294 e. The molecule has 0 unspecified atom stereocenters. The van der Waals surface area contributed by atoms with Crippen LogP contribution in [-0.2, 0) is 6.42 Å². The maximum Gasteiger partial charge on any atom is 0.200 e. The molecule has 20 heavy (non-hydrogen) atoms. The van der Waals surface area contributed by atoms with E-state index < -0.39 is 0 Å². The van der Waals surface area contributed by atoms with Crippen molar-refractivity contribution in [2.45, 2.75) is 26.2 Å². The Morgan fingerprint density at radius 3 is 2.30 bits per heavy atom. The lowest BCUT2D eigenvalue weighted by Gasteiger charge is -2.06. The van der Waals surface area contributed by atoms with Crippen molar-refractivity contribution in [1.82, 2.24) is 9.97 Å². The zero-order valence-electron chi connectivity index (χ0n) is 11.4. The molecule has 0 amide bonds. The van der Waals surface area contributed by atoms with E-state index in [1.54, 1.807) is 6.07 Å². The van der Waals surface area contributed by atoms with Crippen LogP contribution in [0.1, 0.15) is 46.3 Å². The van der Waals surface area contributed by atoms with Crippen molar-refractivity contribution in [3.05, 3.63) is 59.7 Å². The molecule has 0 spiro atoms. The number of aryl methyl sites for hydroxylation is 1. The van der Waals surface area contributed by atoms with E-state index in [0.29, 0.717) is 5.56 Å². The fourth-order valence-electron chi connectivity index (χ4n) is 2.02. The first kappa shape index (κ1) is 14.1. The van der Waals surface area contributed by atoms with Crippen molar-refractivity contribution in [2.75, 3.05) is 0 Å². The van der Waals surface area contributed by atoms with Gasteiger partial charge in [-0.1, -0.05) is 31.2 Å². The summed E-state index contributed by atoms with van der Waals surface area (Å²) in [6, 6.07) is 9.16. The molecule has 0 aliphatic rings. The summed E-state index contributed by atoms with van der Waals surface area (Å²) in [5.74, 6) is -0.0382. The summed E-state index contributed by atoms with van der Waals surface area (Å²) in [6.45, 7) is 2.01. The Hall–Kier alpha value is -2.36. The molecule has 2 aromatic rings. The summed E-state index contributed by atoms with van der Waals surface area (Å²) in [5, 5.41) is 0. The van der Waals surface area contributed by atoms with Crippen molar-refractivity contribution in [3.63, 3.8) is 0 Å².